The van der Waals surface area contributed by atoms with Crippen molar-refractivity contribution in [3.8, 4) is 0 Å². The molecule has 14 heavy (non-hydrogen) atoms. The fourth-order valence-electron chi connectivity index (χ4n) is 1.44. The van der Waals surface area contributed by atoms with Crippen LogP contribution >= 0.6 is 0 Å². The summed E-state index contributed by atoms with van der Waals surface area (Å²) in [5.41, 5.74) is 7.52. The van der Waals surface area contributed by atoms with Crippen LogP contribution in [0.3, 0.4) is 0 Å². The molecule has 1 aliphatic rings. The minimum Gasteiger partial charge on any atom is -0.329 e. The van der Waals surface area contributed by atoms with Crippen LogP contribution < -0.4 is 11.1 Å². The number of hydrogen-bond donors (Lipinski definition) is 2. The maximum atomic E-state index is 11.5. The summed E-state index contributed by atoms with van der Waals surface area (Å²) in [6.07, 6.45) is 0. The Hall–Kier alpha value is -1.68. The Labute approximate surface area is 81.8 Å². The zero-order valence-corrected chi connectivity index (χ0v) is 7.66. The first-order valence-electron chi connectivity index (χ1n) is 4.48. The SMILES string of the molecule is NCCN=C1C(=O)Nc2ccccc21. The van der Waals surface area contributed by atoms with Crippen molar-refractivity contribution in [2.75, 3.05) is 18.4 Å². The number of carbonyl (C=O) groups excluding carboxylic acids is 1. The van der Waals surface area contributed by atoms with Crippen molar-refractivity contribution in [1.29, 1.82) is 0 Å². The van der Waals surface area contributed by atoms with Crippen molar-refractivity contribution in [3.05, 3.63) is 29.8 Å². The van der Waals surface area contributed by atoms with Crippen LogP contribution in [0.5, 0.6) is 0 Å². The molecule has 72 valence electrons. The largest absolute Gasteiger partial charge is 0.329 e. The van der Waals surface area contributed by atoms with Crippen LogP contribution in [0.25, 0.3) is 0 Å². The van der Waals surface area contributed by atoms with Crippen molar-refractivity contribution in [3.63, 3.8) is 0 Å². The molecule has 0 atom stereocenters. The van der Waals surface area contributed by atoms with Gasteiger partial charge in [0.25, 0.3) is 5.91 Å². The lowest BCUT2D eigenvalue weighted by molar-refractivity contribution is -0.110. The van der Waals surface area contributed by atoms with E-state index < -0.39 is 0 Å². The summed E-state index contributed by atoms with van der Waals surface area (Å²) in [5, 5.41) is 2.75. The monoisotopic (exact) mass is 189 g/mol. The van der Waals surface area contributed by atoms with E-state index in [0.717, 1.165) is 11.3 Å². The molecule has 0 bridgehead atoms. The summed E-state index contributed by atoms with van der Waals surface area (Å²) in [4.78, 5) is 15.6. The highest BCUT2D eigenvalue weighted by molar-refractivity contribution is 6.53. The van der Waals surface area contributed by atoms with Crippen LogP contribution in [0.4, 0.5) is 5.69 Å². The lowest BCUT2D eigenvalue weighted by Gasteiger charge is -1.95. The lowest BCUT2D eigenvalue weighted by atomic mass is 10.1. The Kier molecular flexibility index (Phi) is 2.28. The Morgan fingerprint density at radius 1 is 1.36 bits per heavy atom. The molecular weight excluding hydrogens is 178 g/mol. The van der Waals surface area contributed by atoms with E-state index in [1.165, 1.54) is 0 Å². The van der Waals surface area contributed by atoms with Gasteiger partial charge >= 0.3 is 0 Å². The molecule has 0 unspecified atom stereocenters. The smallest absolute Gasteiger partial charge is 0.274 e. The van der Waals surface area contributed by atoms with Gasteiger partial charge in [-0.3, -0.25) is 9.79 Å². The topological polar surface area (TPSA) is 67.5 Å². The van der Waals surface area contributed by atoms with Gasteiger partial charge in [-0.2, -0.15) is 0 Å². The maximum Gasteiger partial charge on any atom is 0.274 e. The Morgan fingerprint density at radius 2 is 2.14 bits per heavy atom. The second-order valence-electron chi connectivity index (χ2n) is 3.02. The van der Waals surface area contributed by atoms with Gasteiger partial charge in [-0.15, -0.1) is 0 Å². The number of nitrogens with two attached hydrogens (primary N) is 1. The second kappa shape index (κ2) is 3.59. The molecule has 2 rings (SSSR count). The molecule has 1 aromatic rings. The van der Waals surface area contributed by atoms with Crippen LogP contribution in [0.15, 0.2) is 29.3 Å². The van der Waals surface area contributed by atoms with Crippen molar-refractivity contribution < 1.29 is 4.79 Å². The first-order valence-corrected chi connectivity index (χ1v) is 4.48. The molecule has 1 heterocycles. The predicted molar refractivity (Wildman–Crippen MR) is 55.5 cm³/mol. The molecule has 0 spiro atoms. The third kappa shape index (κ3) is 1.40. The van der Waals surface area contributed by atoms with Gasteiger partial charge in [0, 0.05) is 12.1 Å². The molecule has 1 aliphatic heterocycles. The van der Waals surface area contributed by atoms with Crippen LogP contribution in [-0.4, -0.2) is 24.7 Å². The summed E-state index contributed by atoms with van der Waals surface area (Å²) < 4.78 is 0. The van der Waals surface area contributed by atoms with Gasteiger partial charge in [-0.05, 0) is 6.07 Å². The number of amides is 1. The van der Waals surface area contributed by atoms with E-state index in [4.69, 9.17) is 5.73 Å². The molecule has 0 saturated carbocycles. The number of rotatable bonds is 2. The zero-order valence-electron chi connectivity index (χ0n) is 7.66. The van der Waals surface area contributed by atoms with E-state index in [0.29, 0.717) is 18.8 Å². The zero-order chi connectivity index (χ0) is 9.97. The molecule has 1 amide bonds. The van der Waals surface area contributed by atoms with Gasteiger partial charge in [0.05, 0.1) is 12.2 Å². The second-order valence-corrected chi connectivity index (χ2v) is 3.02. The molecule has 0 aromatic heterocycles. The first kappa shape index (κ1) is 8.90. The molecule has 0 saturated heterocycles. The number of benzene rings is 1. The first-order chi connectivity index (χ1) is 6.83. The van der Waals surface area contributed by atoms with Crippen LogP contribution in [-0.2, 0) is 4.79 Å². The highest BCUT2D eigenvalue weighted by Crippen LogP contribution is 2.22. The number of aliphatic imine (C=N–C) groups is 1. The molecule has 4 nitrogen and oxygen atoms in total. The van der Waals surface area contributed by atoms with E-state index in [-0.39, 0.29) is 5.91 Å². The molecule has 0 fully saturated rings. The maximum absolute atomic E-state index is 11.5. The average molecular weight is 189 g/mol. The summed E-state index contributed by atoms with van der Waals surface area (Å²) in [6.45, 7) is 0.941. The van der Waals surface area contributed by atoms with Crippen LogP contribution in [0, 0.1) is 0 Å². The fraction of sp³-hybridized carbons (Fsp3) is 0.200. The van der Waals surface area contributed by atoms with Gasteiger partial charge in [0.1, 0.15) is 5.71 Å². The van der Waals surface area contributed by atoms with Crippen LogP contribution in [0.2, 0.25) is 0 Å². The van der Waals surface area contributed by atoms with E-state index >= 15 is 0 Å². The Morgan fingerprint density at radius 3 is 2.93 bits per heavy atom. The third-order valence-corrected chi connectivity index (χ3v) is 2.04. The van der Waals surface area contributed by atoms with E-state index in [1.807, 2.05) is 24.3 Å². The van der Waals surface area contributed by atoms with Gasteiger partial charge < -0.3 is 11.1 Å². The average Bonchev–Trinajstić information content (AvgIpc) is 2.51. The van der Waals surface area contributed by atoms with Gasteiger partial charge in [-0.1, -0.05) is 18.2 Å². The molecule has 1 aromatic carbocycles. The molecule has 4 heteroatoms. The summed E-state index contributed by atoms with van der Waals surface area (Å²) in [5.74, 6) is -0.139. The Balaban J connectivity index is 2.39. The van der Waals surface area contributed by atoms with Crippen molar-refractivity contribution in [1.82, 2.24) is 0 Å². The van der Waals surface area contributed by atoms with Crippen LogP contribution in [0.1, 0.15) is 5.56 Å². The van der Waals surface area contributed by atoms with Crippen molar-refractivity contribution in [2.24, 2.45) is 10.7 Å². The number of fused-ring (bicyclic) bond motifs is 1. The lowest BCUT2D eigenvalue weighted by Crippen LogP contribution is -2.16. The minimum absolute atomic E-state index is 0.139. The third-order valence-electron chi connectivity index (χ3n) is 2.04. The van der Waals surface area contributed by atoms with E-state index in [2.05, 4.69) is 10.3 Å². The number of nitrogens with zero attached hydrogens (tertiary/aromatic N) is 1. The normalized spacial score (nSPS) is 16.9. The minimum atomic E-state index is -0.139. The predicted octanol–water partition coefficient (Wildman–Crippen LogP) is 0.386. The highest BCUT2D eigenvalue weighted by Gasteiger charge is 2.24. The molecular formula is C10H11N3O. The highest BCUT2D eigenvalue weighted by atomic mass is 16.2. The summed E-state index contributed by atoms with van der Waals surface area (Å²) in [6, 6.07) is 7.50. The summed E-state index contributed by atoms with van der Waals surface area (Å²) >= 11 is 0. The van der Waals surface area contributed by atoms with Gasteiger partial charge in [0.15, 0.2) is 0 Å². The molecule has 0 radical (unpaired) electrons. The number of para-hydroxylation sites is 1. The van der Waals surface area contributed by atoms with E-state index in [9.17, 15) is 4.79 Å². The quantitative estimate of drug-likeness (QED) is 0.706. The molecule has 3 N–H and O–H groups in total. The fourth-order valence-corrected chi connectivity index (χ4v) is 1.44. The summed E-state index contributed by atoms with van der Waals surface area (Å²) in [7, 11) is 0. The number of anilines is 1. The number of carbonyl (C=O) groups is 1. The van der Waals surface area contributed by atoms with Crippen molar-refractivity contribution in [2.45, 2.75) is 0 Å². The molecule has 0 aliphatic carbocycles. The van der Waals surface area contributed by atoms with Gasteiger partial charge in [-0.25, -0.2) is 0 Å². The Bertz CT molecular complexity index is 398. The number of hydrogen-bond acceptors (Lipinski definition) is 3. The van der Waals surface area contributed by atoms with Crippen molar-refractivity contribution >= 4 is 17.3 Å². The number of nitrogens with one attached hydrogen (secondary N) is 1. The standard InChI is InChI=1S/C10H11N3O/c11-5-6-12-9-7-3-1-2-4-8(7)13-10(9)14/h1-4H,5-6,11H2,(H,12,13,14). The van der Waals surface area contributed by atoms with Gasteiger partial charge in [0.2, 0.25) is 0 Å². The van der Waals surface area contributed by atoms with E-state index in [1.54, 1.807) is 0 Å².